The monoisotopic (exact) mass is 395 g/mol. The van der Waals surface area contributed by atoms with Gasteiger partial charge in [-0.2, -0.15) is 4.31 Å². The predicted molar refractivity (Wildman–Crippen MR) is 63.6 cm³/mol. The van der Waals surface area contributed by atoms with Crippen molar-refractivity contribution in [2.45, 2.75) is 15.7 Å². The Morgan fingerprint density at radius 1 is 1.42 bits per heavy atom. The second-order valence-corrected chi connectivity index (χ2v) is 9.85. The minimum Gasteiger partial charge on any atom is -0.549 e. The van der Waals surface area contributed by atoms with Crippen molar-refractivity contribution in [2.75, 3.05) is 17.5 Å². The Morgan fingerprint density at radius 2 is 2.00 bits per heavy atom. The summed E-state index contributed by atoms with van der Waals surface area (Å²) >= 11 is 0.0714. The maximum absolute atomic E-state index is 12.4. The topological polar surface area (TPSA) is 77.5 Å². The minimum atomic E-state index is -3.74. The van der Waals surface area contributed by atoms with Crippen LogP contribution < -0.4 is 26.3 Å². The number of carboxylic acids is 1. The van der Waals surface area contributed by atoms with Crippen LogP contribution in [0.1, 0.15) is 5.56 Å². The molecule has 1 heterocycles. The Balaban J connectivity index is 2.26. The lowest BCUT2D eigenvalue weighted by atomic mass is 10.2. The van der Waals surface area contributed by atoms with Crippen molar-refractivity contribution in [1.82, 2.24) is 4.31 Å². The number of hydrogen-bond donors (Lipinski definition) is 0. The van der Waals surface area contributed by atoms with Gasteiger partial charge in [-0.15, -0.1) is 0 Å². The van der Waals surface area contributed by atoms with Gasteiger partial charge >= 0.3 is 0 Å². The van der Waals surface area contributed by atoms with E-state index in [2.05, 4.69) is 0 Å². The number of carbonyl (C=O) groups is 1. The van der Waals surface area contributed by atoms with E-state index in [1.807, 2.05) is 6.92 Å². The van der Waals surface area contributed by atoms with Crippen molar-refractivity contribution in [2.24, 2.45) is 0 Å². The van der Waals surface area contributed by atoms with Crippen LogP contribution in [0.5, 0.6) is 0 Å². The molecule has 0 amide bonds. The second-order valence-electron chi connectivity index (χ2n) is 4.39. The summed E-state index contributed by atoms with van der Waals surface area (Å²) in [6.07, 6.45) is 0. The number of halogens is 1. The van der Waals surface area contributed by atoms with Gasteiger partial charge in [0.2, 0.25) is 13.9 Å². The molecule has 1 atom stereocenters. The van der Waals surface area contributed by atoms with Gasteiger partial charge in [-0.3, -0.25) is 0 Å². The van der Waals surface area contributed by atoms with E-state index in [0.29, 0.717) is 10.5 Å². The molecule has 7 heteroatoms. The number of nitrogens with zero attached hydrogens (tertiary/aromatic N) is 1. The summed E-state index contributed by atoms with van der Waals surface area (Å²) < 4.78 is 27.3. The highest BCUT2D eigenvalue weighted by atomic mass is 127. The Bertz CT molecular complexity index is 566. The summed E-state index contributed by atoms with van der Waals surface area (Å²) in [7, 11) is -3.74. The minimum absolute atomic E-state index is 0.0714. The van der Waals surface area contributed by atoms with Crippen LogP contribution in [0.25, 0.3) is 0 Å². The maximum atomic E-state index is 12.4. The number of carboxylic acid groups (broad SMARTS) is 1. The molecule has 1 aromatic rings. The van der Waals surface area contributed by atoms with Gasteiger partial charge in [0.05, 0.1) is 24.0 Å². The molecular weight excluding hydrogens is 381 g/mol. The fourth-order valence-corrected chi connectivity index (χ4v) is 4.72. The quantitative estimate of drug-likeness (QED) is 0.366. The first-order valence-corrected chi connectivity index (χ1v) is 9.95. The summed E-state index contributed by atoms with van der Waals surface area (Å²) in [6, 6.07) is 6.42. The molecule has 0 aliphatic carbocycles. The van der Waals surface area contributed by atoms with E-state index < -0.39 is 22.5 Å². The van der Waals surface area contributed by atoms with E-state index >= 15 is 0 Å². The molecule has 104 valence electrons. The number of rotatable bonds is 6. The molecule has 1 aromatic carbocycles. The number of alkyl halides is 2. The van der Waals surface area contributed by atoms with Gasteiger partial charge in [0.15, 0.2) is 4.43 Å². The zero-order chi connectivity index (χ0) is 14.0. The third-order valence-corrected chi connectivity index (χ3v) is 7.08. The molecule has 1 saturated heterocycles. The van der Waals surface area contributed by atoms with E-state index in [1.54, 1.807) is 12.1 Å². The van der Waals surface area contributed by atoms with Crippen LogP contribution in [-0.2, 0) is 14.8 Å². The van der Waals surface area contributed by atoms with Gasteiger partial charge in [-0.05, 0) is 19.1 Å². The van der Waals surface area contributed by atoms with Crippen molar-refractivity contribution in [1.29, 1.82) is 0 Å². The molecule has 0 aromatic heterocycles. The lowest BCUT2D eigenvalue weighted by molar-refractivity contribution is -0.496. The van der Waals surface area contributed by atoms with E-state index in [9.17, 15) is 18.3 Å². The number of aliphatic carboxylic acids is 1. The lowest BCUT2D eigenvalue weighted by Gasteiger charge is -2.20. The second kappa shape index (κ2) is 5.76. The summed E-state index contributed by atoms with van der Waals surface area (Å²) in [5, 5.41) is 10.7. The van der Waals surface area contributed by atoms with E-state index in [1.165, 1.54) is 12.1 Å². The van der Waals surface area contributed by atoms with Crippen molar-refractivity contribution in [3.8, 4) is 0 Å². The van der Waals surface area contributed by atoms with E-state index in [-0.39, 0.29) is 26.1 Å². The zero-order valence-corrected chi connectivity index (χ0v) is 13.3. The van der Waals surface area contributed by atoms with Crippen LogP contribution >= 0.6 is 0 Å². The van der Waals surface area contributed by atoms with Gasteiger partial charge in [-0.1, -0.05) is 17.7 Å². The van der Waals surface area contributed by atoms with Crippen LogP contribution in [0.2, 0.25) is 0 Å². The first-order valence-electron chi connectivity index (χ1n) is 5.74. The molecule has 0 spiro atoms. The first-order chi connectivity index (χ1) is 8.89. The summed E-state index contributed by atoms with van der Waals surface area (Å²) in [4.78, 5) is 10.9. The van der Waals surface area contributed by atoms with Crippen molar-refractivity contribution >= 4 is 16.0 Å². The summed E-state index contributed by atoms with van der Waals surface area (Å²) in [6.45, 7) is 1.60. The van der Waals surface area contributed by atoms with E-state index in [4.69, 9.17) is 0 Å². The SMILES string of the molecule is Cc1ccc(S(=O)(=O)N(CC(=O)[O-])C[C@H]2C[I+]2)cc1. The number of aryl methyl sites for hydroxylation is 1. The number of benzene rings is 1. The molecule has 0 bridgehead atoms. The predicted octanol–water partition coefficient (Wildman–Crippen LogP) is -3.79. The Kier molecular flexibility index (Phi) is 4.46. The Morgan fingerprint density at radius 3 is 2.47 bits per heavy atom. The van der Waals surface area contributed by atoms with Gasteiger partial charge in [0.1, 0.15) is 0 Å². The highest BCUT2D eigenvalue weighted by Gasteiger charge is 2.46. The molecule has 5 nitrogen and oxygen atoms in total. The van der Waals surface area contributed by atoms with Gasteiger partial charge in [0.25, 0.3) is 21.2 Å². The fraction of sp³-hybridized carbons (Fsp3) is 0.417. The number of hydrogen-bond acceptors (Lipinski definition) is 4. The highest BCUT2D eigenvalue weighted by molar-refractivity contribution is 7.89. The smallest absolute Gasteiger partial charge is 0.283 e. The molecule has 19 heavy (non-hydrogen) atoms. The lowest BCUT2D eigenvalue weighted by Crippen LogP contribution is -3.48. The van der Waals surface area contributed by atoms with Gasteiger partial charge < -0.3 is 9.90 Å². The van der Waals surface area contributed by atoms with Crippen LogP contribution in [0.3, 0.4) is 0 Å². The largest absolute Gasteiger partial charge is 0.549 e. The van der Waals surface area contributed by atoms with Gasteiger partial charge in [0, 0.05) is 0 Å². The molecule has 1 aliphatic heterocycles. The van der Waals surface area contributed by atoms with Crippen LogP contribution in [-0.4, -0.2) is 40.1 Å². The molecule has 0 unspecified atom stereocenters. The highest BCUT2D eigenvalue weighted by Crippen LogP contribution is 2.16. The fourth-order valence-electron chi connectivity index (χ4n) is 1.63. The molecule has 0 N–H and O–H groups in total. The molecule has 1 fully saturated rings. The molecule has 1 aliphatic rings. The normalized spacial score (nSPS) is 18.5. The first kappa shape index (κ1) is 14.7. The van der Waals surface area contributed by atoms with Gasteiger partial charge in [-0.25, -0.2) is 8.42 Å². The Labute approximate surface area is 122 Å². The molecule has 0 radical (unpaired) electrons. The van der Waals surface area contributed by atoms with Crippen molar-refractivity contribution in [3.05, 3.63) is 29.8 Å². The van der Waals surface area contributed by atoms with Crippen molar-refractivity contribution in [3.63, 3.8) is 0 Å². The van der Waals surface area contributed by atoms with Crippen LogP contribution in [0, 0.1) is 6.92 Å². The standard InChI is InChI=1S/C12H14INO4S/c1-9-2-4-11(5-3-9)19(17,18)14(8-12(15)16)7-10-6-13-10/h2-5,10H,6-8H2,1H3/t10-/m1/s1. The third-order valence-electron chi connectivity index (χ3n) is 2.74. The van der Waals surface area contributed by atoms with Crippen LogP contribution in [0.4, 0.5) is 0 Å². The number of carbonyl (C=O) groups excluding carboxylic acids is 1. The third kappa shape index (κ3) is 3.90. The summed E-state index contributed by atoms with van der Waals surface area (Å²) in [5.41, 5.74) is 0.957. The zero-order valence-electron chi connectivity index (χ0n) is 10.4. The van der Waals surface area contributed by atoms with Crippen molar-refractivity contribution < 1.29 is 39.5 Å². The average molecular weight is 395 g/mol. The Hall–Kier alpha value is -0.670. The molecule has 0 saturated carbocycles. The molecular formula is C12H14INO4S. The maximum Gasteiger partial charge on any atom is 0.283 e. The van der Waals surface area contributed by atoms with E-state index in [0.717, 1.165) is 14.3 Å². The average Bonchev–Trinajstić information content (AvgIpc) is 3.12. The van der Waals surface area contributed by atoms with Crippen LogP contribution in [0.15, 0.2) is 29.2 Å². The summed E-state index contributed by atoms with van der Waals surface area (Å²) in [5.74, 6) is -1.37. The molecule has 2 rings (SSSR count). The number of sulfonamides is 1.